The van der Waals surface area contributed by atoms with Crippen molar-refractivity contribution in [3.63, 3.8) is 0 Å². The molecular weight excluding hydrogens is 380 g/mol. The van der Waals surface area contributed by atoms with Crippen molar-refractivity contribution in [1.82, 2.24) is 5.32 Å². The Morgan fingerprint density at radius 3 is 1.69 bits per heavy atom. The molecule has 0 aliphatic heterocycles. The van der Waals surface area contributed by atoms with Crippen LogP contribution in [0.4, 0.5) is 0 Å². The first-order chi connectivity index (χ1) is 11.3. The van der Waals surface area contributed by atoms with Gasteiger partial charge in [0, 0.05) is 65.7 Å². The predicted octanol–water partition coefficient (Wildman–Crippen LogP) is 1.99. The average molecular weight is 411 g/mol. The third-order valence-electron chi connectivity index (χ3n) is 3.84. The third-order valence-corrected chi connectivity index (χ3v) is 4.94. The summed E-state index contributed by atoms with van der Waals surface area (Å²) in [6, 6.07) is 0. The van der Waals surface area contributed by atoms with Crippen molar-refractivity contribution in [3.8, 4) is 0 Å². The summed E-state index contributed by atoms with van der Waals surface area (Å²) in [5.74, 6) is -2.41. The smallest absolute Gasteiger partial charge is 0.305 e. The van der Waals surface area contributed by atoms with Crippen LogP contribution >= 0.6 is 0 Å². The fourth-order valence-electron chi connectivity index (χ4n) is 2.43. The molecule has 0 aliphatic carbocycles. The molecule has 0 fully saturated rings. The van der Waals surface area contributed by atoms with Crippen LogP contribution < -0.4 is 5.32 Å². The SMILES string of the molecule is CCCCCCCCCCCCNC(=O)C(CC(=O)O)S(=O)(=O)O.[Na].[Na]. The predicted molar refractivity (Wildman–Crippen MR) is 104 cm³/mol. The third kappa shape index (κ3) is 18.2. The number of aliphatic carboxylic acids is 1. The van der Waals surface area contributed by atoms with Crippen LogP contribution in [0.1, 0.15) is 77.6 Å². The molecule has 0 saturated heterocycles. The molecule has 144 valence electrons. The fourth-order valence-corrected chi connectivity index (χ4v) is 3.14. The maximum absolute atomic E-state index is 11.7. The van der Waals surface area contributed by atoms with E-state index in [0.717, 1.165) is 19.3 Å². The molecule has 10 heteroatoms. The Kier molecular flexibility index (Phi) is 23.3. The van der Waals surface area contributed by atoms with E-state index in [0.29, 0.717) is 6.42 Å². The van der Waals surface area contributed by atoms with E-state index in [1.165, 1.54) is 38.5 Å². The van der Waals surface area contributed by atoms with Crippen molar-refractivity contribution in [2.24, 2.45) is 0 Å². The van der Waals surface area contributed by atoms with Gasteiger partial charge < -0.3 is 10.4 Å². The number of nitrogens with one attached hydrogen (secondary N) is 1. The van der Waals surface area contributed by atoms with Gasteiger partial charge in [0.2, 0.25) is 5.91 Å². The summed E-state index contributed by atoms with van der Waals surface area (Å²) in [6.07, 6.45) is 10.5. The standard InChI is InChI=1S/C16H31NO6S.2Na/c1-2-3-4-5-6-7-8-9-10-11-12-17-16(20)14(13-15(18)19)24(21,22)23;;/h14H,2-13H2,1H3,(H,17,20)(H,18,19)(H,21,22,23);;. The molecule has 0 aromatic rings. The van der Waals surface area contributed by atoms with E-state index in [4.69, 9.17) is 9.66 Å². The monoisotopic (exact) mass is 411 g/mol. The van der Waals surface area contributed by atoms with Crippen LogP contribution in [0.25, 0.3) is 0 Å². The quantitative estimate of drug-likeness (QED) is 0.215. The van der Waals surface area contributed by atoms with Gasteiger partial charge in [-0.05, 0) is 6.42 Å². The first-order valence-electron chi connectivity index (χ1n) is 8.74. The molecular formula is C16H31NNa2O6S. The molecule has 0 saturated carbocycles. The Bertz CT molecular complexity index is 473. The molecule has 1 unspecified atom stereocenters. The molecule has 26 heavy (non-hydrogen) atoms. The van der Waals surface area contributed by atoms with E-state index in [2.05, 4.69) is 12.2 Å². The number of rotatable bonds is 15. The summed E-state index contributed by atoms with van der Waals surface area (Å²) in [6.45, 7) is 2.47. The van der Waals surface area contributed by atoms with Gasteiger partial charge in [-0.15, -0.1) is 0 Å². The van der Waals surface area contributed by atoms with Crippen LogP contribution in [-0.2, 0) is 19.7 Å². The van der Waals surface area contributed by atoms with Gasteiger partial charge in [-0.1, -0.05) is 64.7 Å². The molecule has 1 amide bonds. The summed E-state index contributed by atoms with van der Waals surface area (Å²) in [4.78, 5) is 22.2. The van der Waals surface area contributed by atoms with Gasteiger partial charge in [0.15, 0.2) is 5.25 Å². The summed E-state index contributed by atoms with van der Waals surface area (Å²) in [7, 11) is -4.72. The molecule has 0 aromatic carbocycles. The summed E-state index contributed by atoms with van der Waals surface area (Å²) in [5.41, 5.74) is 0. The van der Waals surface area contributed by atoms with E-state index in [1.54, 1.807) is 0 Å². The largest absolute Gasteiger partial charge is 0.481 e. The molecule has 0 heterocycles. The van der Waals surface area contributed by atoms with Crippen LogP contribution in [0.2, 0.25) is 0 Å². The molecule has 7 nitrogen and oxygen atoms in total. The van der Waals surface area contributed by atoms with Crippen molar-refractivity contribution in [1.29, 1.82) is 0 Å². The summed E-state index contributed by atoms with van der Waals surface area (Å²) < 4.78 is 31.0. The second-order valence-electron chi connectivity index (χ2n) is 6.07. The molecule has 0 aromatic heterocycles. The van der Waals surface area contributed by atoms with Crippen LogP contribution in [0.15, 0.2) is 0 Å². The Labute approximate surface area is 201 Å². The number of unbranched alkanes of at least 4 members (excludes halogenated alkanes) is 9. The molecule has 0 rings (SSSR count). The van der Waals surface area contributed by atoms with Crippen molar-refractivity contribution >= 4 is 81.1 Å². The van der Waals surface area contributed by atoms with Gasteiger partial charge in [0.05, 0.1) is 6.42 Å². The summed E-state index contributed by atoms with van der Waals surface area (Å²) >= 11 is 0. The van der Waals surface area contributed by atoms with Gasteiger partial charge >= 0.3 is 5.97 Å². The molecule has 3 N–H and O–H groups in total. The number of amides is 1. The van der Waals surface area contributed by atoms with E-state index < -0.39 is 33.7 Å². The molecule has 1 atom stereocenters. The zero-order valence-corrected chi connectivity index (χ0v) is 21.3. The van der Waals surface area contributed by atoms with E-state index in [-0.39, 0.29) is 65.7 Å². The van der Waals surface area contributed by atoms with Gasteiger partial charge in [0.25, 0.3) is 10.1 Å². The van der Waals surface area contributed by atoms with Gasteiger partial charge in [-0.3, -0.25) is 14.1 Å². The minimum Gasteiger partial charge on any atom is -0.481 e. The van der Waals surface area contributed by atoms with Crippen molar-refractivity contribution in [3.05, 3.63) is 0 Å². The van der Waals surface area contributed by atoms with E-state index in [9.17, 15) is 18.0 Å². The molecule has 0 spiro atoms. The Morgan fingerprint density at radius 2 is 1.31 bits per heavy atom. The Morgan fingerprint density at radius 1 is 0.885 bits per heavy atom. The number of carbonyl (C=O) groups is 2. The van der Waals surface area contributed by atoms with Crippen molar-refractivity contribution in [2.75, 3.05) is 6.54 Å². The minimum atomic E-state index is -4.72. The van der Waals surface area contributed by atoms with Crippen LogP contribution in [-0.4, -0.2) is 101 Å². The first kappa shape index (κ1) is 31.5. The Balaban J connectivity index is -0.00000264. The van der Waals surface area contributed by atoms with Crippen molar-refractivity contribution in [2.45, 2.75) is 82.8 Å². The zero-order valence-electron chi connectivity index (χ0n) is 16.5. The average Bonchev–Trinajstić information content (AvgIpc) is 2.48. The summed E-state index contributed by atoms with van der Waals surface area (Å²) in [5, 5.41) is 9.03. The first-order valence-corrected chi connectivity index (χ1v) is 10.2. The fraction of sp³-hybridized carbons (Fsp3) is 0.875. The molecule has 0 bridgehead atoms. The number of carboxylic acids is 1. The zero-order chi connectivity index (χ0) is 18.4. The molecule has 2 radical (unpaired) electrons. The second kappa shape index (κ2) is 19.2. The molecule has 0 aliphatic rings. The van der Waals surface area contributed by atoms with Gasteiger partial charge in [0.1, 0.15) is 0 Å². The Hall–Kier alpha value is 0.850. The van der Waals surface area contributed by atoms with Gasteiger partial charge in [-0.25, -0.2) is 0 Å². The maximum Gasteiger partial charge on any atom is 0.305 e. The van der Waals surface area contributed by atoms with E-state index >= 15 is 0 Å². The number of hydrogen-bond donors (Lipinski definition) is 3. The number of carbonyl (C=O) groups excluding carboxylic acids is 1. The van der Waals surface area contributed by atoms with Gasteiger partial charge in [-0.2, -0.15) is 8.42 Å². The number of carboxylic acid groups (broad SMARTS) is 1. The topological polar surface area (TPSA) is 121 Å². The number of hydrogen-bond acceptors (Lipinski definition) is 4. The van der Waals surface area contributed by atoms with E-state index in [1.807, 2.05) is 0 Å². The maximum atomic E-state index is 11.7. The minimum absolute atomic E-state index is 0. The van der Waals surface area contributed by atoms with Crippen LogP contribution in [0, 0.1) is 0 Å². The van der Waals surface area contributed by atoms with Crippen LogP contribution in [0.3, 0.4) is 0 Å². The van der Waals surface area contributed by atoms with Crippen LogP contribution in [0.5, 0.6) is 0 Å². The normalized spacial score (nSPS) is 11.8. The van der Waals surface area contributed by atoms with Crippen molar-refractivity contribution < 1.29 is 27.7 Å². The second-order valence-corrected chi connectivity index (χ2v) is 7.67.